The summed E-state index contributed by atoms with van der Waals surface area (Å²) in [6.07, 6.45) is 0.904. The number of nitrogens with one attached hydrogen (secondary N) is 2. The molecule has 1 rings (SSSR count). The number of hydrogen-bond donors (Lipinski definition) is 2. The van der Waals surface area contributed by atoms with Gasteiger partial charge in [-0.15, -0.1) is 0 Å². The van der Waals surface area contributed by atoms with E-state index in [0.29, 0.717) is 6.54 Å². The van der Waals surface area contributed by atoms with Crippen LogP contribution >= 0.6 is 0 Å². The van der Waals surface area contributed by atoms with Gasteiger partial charge in [-0.1, -0.05) is 25.1 Å². The average Bonchev–Trinajstić information content (AvgIpc) is 2.44. The Bertz CT molecular complexity index is 444. The molecular formula is C16H26N2O2. The second-order valence-corrected chi connectivity index (χ2v) is 5.63. The van der Waals surface area contributed by atoms with Crippen molar-refractivity contribution in [2.24, 2.45) is 0 Å². The number of benzene rings is 1. The van der Waals surface area contributed by atoms with Crippen molar-refractivity contribution in [2.75, 3.05) is 13.7 Å². The van der Waals surface area contributed by atoms with Crippen LogP contribution in [-0.2, 0) is 4.79 Å². The lowest BCUT2D eigenvalue weighted by Crippen LogP contribution is -2.46. The minimum Gasteiger partial charge on any atom is -0.496 e. The predicted molar refractivity (Wildman–Crippen MR) is 81.9 cm³/mol. The number of carbonyl (C=O) groups is 1. The maximum atomic E-state index is 11.9. The quantitative estimate of drug-likeness (QED) is 0.806. The zero-order chi connectivity index (χ0) is 15.2. The molecule has 1 atom stereocenters. The van der Waals surface area contributed by atoms with Crippen LogP contribution in [0.15, 0.2) is 24.3 Å². The van der Waals surface area contributed by atoms with Gasteiger partial charge in [-0.3, -0.25) is 4.79 Å². The first-order chi connectivity index (χ1) is 9.39. The summed E-state index contributed by atoms with van der Waals surface area (Å²) < 4.78 is 5.33. The summed E-state index contributed by atoms with van der Waals surface area (Å²) in [7, 11) is 1.65. The van der Waals surface area contributed by atoms with Gasteiger partial charge in [0.1, 0.15) is 5.75 Å². The van der Waals surface area contributed by atoms with Crippen molar-refractivity contribution in [2.45, 2.75) is 45.7 Å². The smallest absolute Gasteiger partial charge is 0.234 e. The number of carbonyl (C=O) groups excluding carboxylic acids is 1. The van der Waals surface area contributed by atoms with E-state index in [1.807, 2.05) is 45.0 Å². The molecule has 0 spiro atoms. The Kier molecular flexibility index (Phi) is 6.02. The molecule has 0 heterocycles. The van der Waals surface area contributed by atoms with Gasteiger partial charge in [0.15, 0.2) is 0 Å². The van der Waals surface area contributed by atoms with Gasteiger partial charge >= 0.3 is 0 Å². The number of ether oxygens (including phenoxy) is 1. The first-order valence-electron chi connectivity index (χ1n) is 7.07. The van der Waals surface area contributed by atoms with E-state index in [1.165, 1.54) is 0 Å². The van der Waals surface area contributed by atoms with E-state index in [2.05, 4.69) is 17.6 Å². The maximum absolute atomic E-state index is 11.9. The van der Waals surface area contributed by atoms with Crippen molar-refractivity contribution in [1.29, 1.82) is 0 Å². The fourth-order valence-electron chi connectivity index (χ4n) is 1.89. The molecule has 4 heteroatoms. The van der Waals surface area contributed by atoms with Gasteiger partial charge < -0.3 is 15.4 Å². The third-order valence-corrected chi connectivity index (χ3v) is 3.54. The van der Waals surface area contributed by atoms with Crippen LogP contribution in [0.1, 0.15) is 45.7 Å². The van der Waals surface area contributed by atoms with Gasteiger partial charge in [0.2, 0.25) is 5.91 Å². The van der Waals surface area contributed by atoms with Gasteiger partial charge in [-0.2, -0.15) is 0 Å². The van der Waals surface area contributed by atoms with Gasteiger partial charge in [-0.05, 0) is 33.3 Å². The molecule has 0 aromatic heterocycles. The predicted octanol–water partition coefficient (Wildman–Crippen LogP) is 2.65. The maximum Gasteiger partial charge on any atom is 0.234 e. The summed E-state index contributed by atoms with van der Waals surface area (Å²) in [5, 5.41) is 6.24. The van der Waals surface area contributed by atoms with Crippen molar-refractivity contribution >= 4 is 5.91 Å². The molecule has 0 saturated carbocycles. The summed E-state index contributed by atoms with van der Waals surface area (Å²) >= 11 is 0. The Balaban J connectivity index is 2.55. The summed E-state index contributed by atoms with van der Waals surface area (Å²) in [4.78, 5) is 11.9. The van der Waals surface area contributed by atoms with Crippen LogP contribution < -0.4 is 15.4 Å². The zero-order valence-electron chi connectivity index (χ0n) is 13.1. The van der Waals surface area contributed by atoms with Crippen LogP contribution in [0.25, 0.3) is 0 Å². The Hall–Kier alpha value is -1.55. The number of para-hydroxylation sites is 1. The fraction of sp³-hybridized carbons (Fsp3) is 0.562. The van der Waals surface area contributed by atoms with Crippen molar-refractivity contribution < 1.29 is 9.53 Å². The molecule has 0 bridgehead atoms. The molecule has 0 aliphatic heterocycles. The van der Waals surface area contributed by atoms with E-state index < -0.39 is 0 Å². The monoisotopic (exact) mass is 278 g/mol. The first kappa shape index (κ1) is 16.5. The molecule has 1 aromatic rings. The highest BCUT2D eigenvalue weighted by Gasteiger charge is 2.18. The second-order valence-electron chi connectivity index (χ2n) is 5.63. The van der Waals surface area contributed by atoms with E-state index in [0.717, 1.165) is 17.7 Å². The molecule has 112 valence electrons. The largest absolute Gasteiger partial charge is 0.496 e. The topological polar surface area (TPSA) is 50.4 Å². The van der Waals surface area contributed by atoms with Crippen molar-refractivity contribution in [3.05, 3.63) is 29.8 Å². The first-order valence-corrected chi connectivity index (χ1v) is 7.07. The lowest BCUT2D eigenvalue weighted by Gasteiger charge is -2.25. The van der Waals surface area contributed by atoms with Crippen molar-refractivity contribution in [3.8, 4) is 5.75 Å². The highest BCUT2D eigenvalue weighted by atomic mass is 16.5. The van der Waals surface area contributed by atoms with Gasteiger partial charge in [0.25, 0.3) is 0 Å². The van der Waals surface area contributed by atoms with Gasteiger partial charge in [0, 0.05) is 17.1 Å². The van der Waals surface area contributed by atoms with E-state index in [9.17, 15) is 4.79 Å². The molecule has 20 heavy (non-hydrogen) atoms. The van der Waals surface area contributed by atoms with Crippen molar-refractivity contribution in [3.63, 3.8) is 0 Å². The summed E-state index contributed by atoms with van der Waals surface area (Å²) in [5.74, 6) is 0.848. The summed E-state index contributed by atoms with van der Waals surface area (Å²) in [6.45, 7) is 8.42. The summed E-state index contributed by atoms with van der Waals surface area (Å²) in [5.41, 5.74) is 0.893. The highest BCUT2D eigenvalue weighted by Crippen LogP contribution is 2.23. The minimum atomic E-state index is -0.160. The number of rotatable bonds is 7. The molecule has 0 fully saturated rings. The molecule has 4 nitrogen and oxygen atoms in total. The normalized spacial score (nSPS) is 12.8. The second kappa shape index (κ2) is 7.29. The van der Waals surface area contributed by atoms with Crippen molar-refractivity contribution in [1.82, 2.24) is 10.6 Å². The molecule has 0 radical (unpaired) electrons. The molecule has 0 aliphatic carbocycles. The van der Waals surface area contributed by atoms with Crippen LogP contribution in [0.4, 0.5) is 0 Å². The lowest BCUT2D eigenvalue weighted by atomic mass is 10.0. The lowest BCUT2D eigenvalue weighted by molar-refractivity contribution is -0.122. The third kappa shape index (κ3) is 4.85. The van der Waals surface area contributed by atoms with Crippen LogP contribution in [0.2, 0.25) is 0 Å². The highest BCUT2D eigenvalue weighted by molar-refractivity contribution is 5.78. The molecule has 1 amide bonds. The summed E-state index contributed by atoms with van der Waals surface area (Å²) in [6, 6.07) is 7.89. The number of amides is 1. The molecule has 2 N–H and O–H groups in total. The van der Waals surface area contributed by atoms with E-state index >= 15 is 0 Å². The Morgan fingerprint density at radius 1 is 1.35 bits per heavy atom. The fourth-order valence-corrected chi connectivity index (χ4v) is 1.89. The zero-order valence-corrected chi connectivity index (χ0v) is 13.1. The molecule has 1 aromatic carbocycles. The van der Waals surface area contributed by atoms with Crippen LogP contribution in [0.5, 0.6) is 5.75 Å². The Labute approximate surface area is 121 Å². The number of hydrogen-bond acceptors (Lipinski definition) is 3. The van der Waals surface area contributed by atoms with E-state index in [1.54, 1.807) is 7.11 Å². The minimum absolute atomic E-state index is 0.0126. The third-order valence-electron chi connectivity index (χ3n) is 3.54. The van der Waals surface area contributed by atoms with Gasteiger partial charge in [0.05, 0.1) is 13.7 Å². The Morgan fingerprint density at radius 3 is 2.60 bits per heavy atom. The number of methoxy groups -OCH3 is 1. The molecule has 0 aliphatic rings. The van der Waals surface area contributed by atoms with Crippen LogP contribution in [-0.4, -0.2) is 25.1 Å². The molecule has 0 unspecified atom stereocenters. The van der Waals surface area contributed by atoms with E-state index in [-0.39, 0.29) is 17.5 Å². The standard InChI is InChI=1S/C16H26N2O2/c1-6-16(3,4)18-15(19)11-17-12(2)13-9-7-8-10-14(13)20-5/h7-10,12,17H,6,11H2,1-5H3,(H,18,19)/t12-/m0/s1. The van der Waals surface area contributed by atoms with Crippen LogP contribution in [0.3, 0.4) is 0 Å². The SMILES string of the molecule is CCC(C)(C)NC(=O)CN[C@@H](C)c1ccccc1OC. The van der Waals surface area contributed by atoms with E-state index in [4.69, 9.17) is 4.74 Å². The Morgan fingerprint density at radius 2 is 2.00 bits per heavy atom. The molecule has 0 saturated heterocycles. The van der Waals surface area contributed by atoms with Gasteiger partial charge in [-0.25, -0.2) is 0 Å². The van der Waals surface area contributed by atoms with Crippen LogP contribution in [0, 0.1) is 0 Å². The average molecular weight is 278 g/mol. The molecular weight excluding hydrogens is 252 g/mol.